The molecule has 1 aromatic heterocycles. The minimum atomic E-state index is 0.728. The van der Waals surface area contributed by atoms with Crippen LogP contribution >= 0.6 is 0 Å². The quantitative estimate of drug-likeness (QED) is 0.859. The molecule has 3 unspecified atom stereocenters. The lowest BCUT2D eigenvalue weighted by molar-refractivity contribution is 0.227. The van der Waals surface area contributed by atoms with E-state index < -0.39 is 0 Å². The molecule has 2 nitrogen and oxygen atoms in total. The van der Waals surface area contributed by atoms with Crippen LogP contribution in [0, 0.1) is 11.8 Å². The van der Waals surface area contributed by atoms with E-state index in [0.29, 0.717) is 0 Å². The molecule has 3 rings (SSSR count). The van der Waals surface area contributed by atoms with Crippen molar-refractivity contribution in [2.75, 3.05) is 6.54 Å². The van der Waals surface area contributed by atoms with E-state index in [4.69, 9.17) is 0 Å². The molecule has 0 spiro atoms. The number of hydrogen-bond donors (Lipinski definition) is 2. The zero-order chi connectivity index (χ0) is 13.9. The summed E-state index contributed by atoms with van der Waals surface area (Å²) in [7, 11) is 0. The molecule has 3 atom stereocenters. The molecule has 0 saturated heterocycles. The fourth-order valence-corrected chi connectivity index (χ4v) is 3.48. The van der Waals surface area contributed by atoms with Gasteiger partial charge in [-0.25, -0.2) is 0 Å². The number of nitrogens with one attached hydrogen (secondary N) is 2. The fraction of sp³-hybridized carbons (Fsp3) is 0.556. The second-order valence-corrected chi connectivity index (χ2v) is 6.53. The van der Waals surface area contributed by atoms with Crippen molar-refractivity contribution >= 4 is 10.9 Å². The van der Waals surface area contributed by atoms with Crippen molar-refractivity contribution in [2.24, 2.45) is 11.8 Å². The minimum Gasteiger partial charge on any atom is -0.361 e. The Morgan fingerprint density at radius 2 is 2.00 bits per heavy atom. The van der Waals surface area contributed by atoms with Gasteiger partial charge in [0.05, 0.1) is 0 Å². The number of para-hydroxylation sites is 1. The average molecular weight is 270 g/mol. The topological polar surface area (TPSA) is 27.8 Å². The number of aromatic nitrogens is 1. The van der Waals surface area contributed by atoms with Gasteiger partial charge >= 0.3 is 0 Å². The van der Waals surface area contributed by atoms with Crippen molar-refractivity contribution < 1.29 is 0 Å². The second kappa shape index (κ2) is 6.01. The smallest absolute Gasteiger partial charge is 0.0456 e. The minimum absolute atomic E-state index is 0.728. The predicted molar refractivity (Wildman–Crippen MR) is 86.0 cm³/mol. The Kier molecular flexibility index (Phi) is 4.11. The van der Waals surface area contributed by atoms with Crippen LogP contribution in [0.15, 0.2) is 30.5 Å². The summed E-state index contributed by atoms with van der Waals surface area (Å²) in [4.78, 5) is 3.36. The van der Waals surface area contributed by atoms with Crippen LogP contribution in [-0.4, -0.2) is 17.6 Å². The molecule has 2 heteroatoms. The van der Waals surface area contributed by atoms with E-state index in [9.17, 15) is 0 Å². The standard InChI is InChI=1S/C18H26N2/c1-13-7-8-16(11-14(13)2)19-10-9-15-12-20-18-6-4-3-5-17(15)18/h3-6,12-14,16,19-20H,7-11H2,1-2H3. The van der Waals surface area contributed by atoms with E-state index in [-0.39, 0.29) is 0 Å². The molecule has 0 bridgehead atoms. The first-order valence-electron chi connectivity index (χ1n) is 8.02. The van der Waals surface area contributed by atoms with Crippen molar-refractivity contribution in [3.63, 3.8) is 0 Å². The number of fused-ring (bicyclic) bond motifs is 1. The number of rotatable bonds is 4. The van der Waals surface area contributed by atoms with Crippen LogP contribution in [0.5, 0.6) is 0 Å². The molecular weight excluding hydrogens is 244 g/mol. The molecule has 1 aliphatic rings. The van der Waals surface area contributed by atoms with Crippen LogP contribution in [-0.2, 0) is 6.42 Å². The lowest BCUT2D eigenvalue weighted by atomic mass is 9.79. The predicted octanol–water partition coefficient (Wildman–Crippen LogP) is 4.12. The number of H-pyrrole nitrogens is 1. The highest BCUT2D eigenvalue weighted by molar-refractivity contribution is 5.83. The maximum atomic E-state index is 3.76. The third-order valence-electron chi connectivity index (χ3n) is 5.10. The van der Waals surface area contributed by atoms with Crippen LogP contribution in [0.2, 0.25) is 0 Å². The van der Waals surface area contributed by atoms with Gasteiger partial charge < -0.3 is 10.3 Å². The highest BCUT2D eigenvalue weighted by atomic mass is 14.9. The molecule has 1 heterocycles. The van der Waals surface area contributed by atoms with Crippen molar-refractivity contribution in [3.05, 3.63) is 36.0 Å². The molecule has 0 radical (unpaired) electrons. The zero-order valence-corrected chi connectivity index (χ0v) is 12.7. The number of aromatic amines is 1. The summed E-state index contributed by atoms with van der Waals surface area (Å²) in [6, 6.07) is 9.30. The summed E-state index contributed by atoms with van der Waals surface area (Å²) in [5, 5.41) is 5.14. The first-order valence-corrected chi connectivity index (χ1v) is 8.02. The van der Waals surface area contributed by atoms with E-state index in [2.05, 4.69) is 54.6 Å². The lowest BCUT2D eigenvalue weighted by Crippen LogP contribution is -2.37. The largest absolute Gasteiger partial charge is 0.361 e. The maximum absolute atomic E-state index is 3.76. The summed E-state index contributed by atoms with van der Waals surface area (Å²) in [5.41, 5.74) is 2.69. The van der Waals surface area contributed by atoms with Gasteiger partial charge in [0.1, 0.15) is 0 Å². The summed E-state index contributed by atoms with van der Waals surface area (Å²) in [6.07, 6.45) is 7.35. The van der Waals surface area contributed by atoms with Gasteiger partial charge in [-0.3, -0.25) is 0 Å². The first kappa shape index (κ1) is 13.7. The Hall–Kier alpha value is -1.28. The Balaban J connectivity index is 1.53. The van der Waals surface area contributed by atoms with Gasteiger partial charge in [-0.05, 0) is 55.7 Å². The maximum Gasteiger partial charge on any atom is 0.0456 e. The fourth-order valence-electron chi connectivity index (χ4n) is 3.48. The Bertz CT molecular complexity index is 557. The average Bonchev–Trinajstić information content (AvgIpc) is 2.86. The third-order valence-corrected chi connectivity index (χ3v) is 5.10. The van der Waals surface area contributed by atoms with Gasteiger partial charge in [-0.15, -0.1) is 0 Å². The molecule has 1 aromatic carbocycles. The monoisotopic (exact) mass is 270 g/mol. The van der Waals surface area contributed by atoms with E-state index in [1.54, 1.807) is 0 Å². The zero-order valence-electron chi connectivity index (χ0n) is 12.7. The second-order valence-electron chi connectivity index (χ2n) is 6.53. The molecule has 2 aromatic rings. The molecular formula is C18H26N2. The summed E-state index contributed by atoms with van der Waals surface area (Å²) >= 11 is 0. The van der Waals surface area contributed by atoms with Crippen molar-refractivity contribution in [2.45, 2.75) is 45.6 Å². The van der Waals surface area contributed by atoms with Crippen LogP contribution in [0.25, 0.3) is 10.9 Å². The molecule has 1 saturated carbocycles. The van der Waals surface area contributed by atoms with Crippen LogP contribution in [0.3, 0.4) is 0 Å². The van der Waals surface area contributed by atoms with E-state index in [1.165, 1.54) is 35.7 Å². The molecule has 108 valence electrons. The SMILES string of the molecule is CC1CCC(NCCc2c[nH]c3ccccc23)CC1C. The molecule has 0 aliphatic heterocycles. The van der Waals surface area contributed by atoms with E-state index in [0.717, 1.165) is 30.8 Å². The number of hydrogen-bond acceptors (Lipinski definition) is 1. The molecule has 0 amide bonds. The lowest BCUT2D eigenvalue weighted by Gasteiger charge is -2.32. The van der Waals surface area contributed by atoms with Crippen molar-refractivity contribution in [1.29, 1.82) is 0 Å². The van der Waals surface area contributed by atoms with Gasteiger partial charge in [-0.2, -0.15) is 0 Å². The molecule has 20 heavy (non-hydrogen) atoms. The summed E-state index contributed by atoms with van der Waals surface area (Å²) in [6.45, 7) is 5.89. The normalized spacial score (nSPS) is 27.0. The Morgan fingerprint density at radius 3 is 2.85 bits per heavy atom. The number of benzene rings is 1. The van der Waals surface area contributed by atoms with Crippen LogP contribution in [0.4, 0.5) is 0 Å². The highest BCUT2D eigenvalue weighted by Crippen LogP contribution is 2.29. The summed E-state index contributed by atoms with van der Waals surface area (Å²) < 4.78 is 0. The van der Waals surface area contributed by atoms with Crippen molar-refractivity contribution in [1.82, 2.24) is 10.3 Å². The van der Waals surface area contributed by atoms with Gasteiger partial charge in [0.2, 0.25) is 0 Å². The van der Waals surface area contributed by atoms with Crippen LogP contribution < -0.4 is 5.32 Å². The van der Waals surface area contributed by atoms with Gasteiger partial charge in [0.25, 0.3) is 0 Å². The van der Waals surface area contributed by atoms with Gasteiger partial charge in [-0.1, -0.05) is 32.0 Å². The van der Waals surface area contributed by atoms with Crippen molar-refractivity contribution in [3.8, 4) is 0 Å². The Labute approximate surface area is 122 Å². The van der Waals surface area contributed by atoms with Crippen LogP contribution in [0.1, 0.15) is 38.7 Å². The molecule has 1 fully saturated rings. The summed E-state index contributed by atoms with van der Waals surface area (Å²) in [5.74, 6) is 1.77. The molecule has 2 N–H and O–H groups in total. The van der Waals surface area contributed by atoms with Gasteiger partial charge in [0, 0.05) is 23.1 Å². The Morgan fingerprint density at radius 1 is 1.15 bits per heavy atom. The highest BCUT2D eigenvalue weighted by Gasteiger charge is 2.23. The third kappa shape index (κ3) is 2.90. The molecule has 1 aliphatic carbocycles. The van der Waals surface area contributed by atoms with Gasteiger partial charge in [0.15, 0.2) is 0 Å². The first-order chi connectivity index (χ1) is 9.74. The van der Waals surface area contributed by atoms with E-state index in [1.807, 2.05) is 0 Å². The van der Waals surface area contributed by atoms with E-state index >= 15 is 0 Å².